The lowest BCUT2D eigenvalue weighted by atomic mass is 10.4. The van der Waals surface area contributed by atoms with Gasteiger partial charge in [-0.1, -0.05) is 74.0 Å². The van der Waals surface area contributed by atoms with Crippen molar-refractivity contribution in [1.29, 1.82) is 0 Å². The Hall–Kier alpha value is 0.617. The first-order valence-electron chi connectivity index (χ1n) is 7.48. The second-order valence-corrected chi connectivity index (χ2v) is 10.5. The SMILES string of the molecule is CC[CH2][AlH2].Cl[CH2][AlH][Cl].c1cc[c]([AlH][c]2ccccc2)cc1. The van der Waals surface area contributed by atoms with Crippen LogP contribution in [0.3, 0.4) is 0 Å². The Bertz CT molecular complexity index is 379. The topological polar surface area (TPSA) is 0 Å². The minimum atomic E-state index is -0.338. The van der Waals surface area contributed by atoms with Gasteiger partial charge in [0, 0.05) is 0 Å². The number of hydrogen-bond acceptors (Lipinski definition) is 0. The van der Waals surface area contributed by atoms with Crippen LogP contribution in [0.2, 0.25) is 5.28 Å². The fourth-order valence-electron chi connectivity index (χ4n) is 1.43. The average molecular weight is 367 g/mol. The molecule has 2 aromatic rings. The van der Waals surface area contributed by atoms with Gasteiger partial charge >= 0.3 is 29.5 Å². The first-order valence-corrected chi connectivity index (χ1v) is 14.0. The smallest absolute Gasteiger partial charge is 0.266 e. The molecule has 0 aliphatic heterocycles. The maximum absolute atomic E-state index is 5.19. The molecule has 2 aromatic carbocycles. The minimum Gasteiger partial charge on any atom is -0.266 e. The molecule has 2 rings (SSSR count). The summed E-state index contributed by atoms with van der Waals surface area (Å²) < 4.78 is 3.71. The zero-order chi connectivity index (χ0) is 15.8. The van der Waals surface area contributed by atoms with Crippen LogP contribution in [0.15, 0.2) is 60.7 Å². The number of benzene rings is 2. The minimum absolute atomic E-state index is 0.234. The Morgan fingerprint density at radius 2 is 1.24 bits per heavy atom. The van der Waals surface area contributed by atoms with Crippen LogP contribution >= 0.6 is 21.7 Å². The lowest BCUT2D eigenvalue weighted by Crippen LogP contribution is -2.26. The molecule has 0 N–H and O–H groups in total. The molecule has 0 nitrogen and oxygen atoms in total. The predicted octanol–water partition coefficient (Wildman–Crippen LogP) is 2.29. The molecule has 0 spiro atoms. The van der Waals surface area contributed by atoms with Crippen molar-refractivity contribution in [3.8, 4) is 0 Å². The van der Waals surface area contributed by atoms with Crippen LogP contribution in [-0.4, -0.2) is 50.5 Å². The molecule has 5 heteroatoms. The fourth-order valence-corrected chi connectivity index (χ4v) is 2.91. The molecule has 21 heavy (non-hydrogen) atoms. The van der Waals surface area contributed by atoms with Crippen LogP contribution in [-0.2, 0) is 0 Å². The van der Waals surface area contributed by atoms with Crippen molar-refractivity contribution in [1.82, 2.24) is 0 Å². The van der Waals surface area contributed by atoms with Gasteiger partial charge in [-0.15, -0.1) is 25.7 Å². The van der Waals surface area contributed by atoms with E-state index in [2.05, 4.69) is 67.6 Å². The van der Waals surface area contributed by atoms with Crippen molar-refractivity contribution in [2.75, 3.05) is 4.74 Å². The molecule has 0 saturated heterocycles. The van der Waals surface area contributed by atoms with E-state index in [0.717, 1.165) is 0 Å². The van der Waals surface area contributed by atoms with Crippen molar-refractivity contribution in [2.45, 2.75) is 18.6 Å². The first kappa shape index (κ1) is 21.6. The van der Waals surface area contributed by atoms with Crippen molar-refractivity contribution >= 4 is 76.3 Å². The second-order valence-electron chi connectivity index (χ2n) is 4.53. The molecule has 0 aromatic heterocycles. The van der Waals surface area contributed by atoms with E-state index in [9.17, 15) is 0 Å². The van der Waals surface area contributed by atoms with Gasteiger partial charge < -0.3 is 0 Å². The zero-order valence-corrected chi connectivity index (χ0v) is 19.4. The third-order valence-electron chi connectivity index (χ3n) is 2.67. The Balaban J connectivity index is 0.000000421. The Morgan fingerprint density at radius 1 is 0.905 bits per heavy atom. The van der Waals surface area contributed by atoms with E-state index in [-0.39, 0.29) is 29.5 Å². The highest BCUT2D eigenvalue weighted by molar-refractivity contribution is 6.96. The molecule has 0 atom stereocenters. The monoisotopic (exact) mass is 366 g/mol. The van der Waals surface area contributed by atoms with Gasteiger partial charge in [-0.3, -0.25) is 10.0 Å². The van der Waals surface area contributed by atoms with Gasteiger partial charge in [0.25, 0.3) is 0 Å². The summed E-state index contributed by atoms with van der Waals surface area (Å²) in [4.78, 5) is 0. The number of hydrogen-bond donors (Lipinski definition) is 0. The van der Waals surface area contributed by atoms with Gasteiger partial charge in [-0.2, -0.15) is 0 Å². The van der Waals surface area contributed by atoms with Crippen LogP contribution in [0, 0.1) is 0 Å². The first-order chi connectivity index (χ1) is 10.3. The van der Waals surface area contributed by atoms with E-state index >= 15 is 0 Å². The molecule has 0 amide bonds. The third-order valence-corrected chi connectivity index (χ3v) is 7.28. The summed E-state index contributed by atoms with van der Waals surface area (Å²) in [6.45, 7) is 2.22. The summed E-state index contributed by atoms with van der Waals surface area (Å²) in [6.07, 6.45) is 1.38. The van der Waals surface area contributed by atoms with Crippen molar-refractivity contribution in [3.63, 3.8) is 0 Å². The lowest BCUT2D eigenvalue weighted by Gasteiger charge is -1.97. The van der Waals surface area contributed by atoms with Crippen molar-refractivity contribution < 1.29 is 0 Å². The Morgan fingerprint density at radius 3 is 1.48 bits per heavy atom. The fraction of sp³-hybridized carbons (Fsp3) is 0.250. The van der Waals surface area contributed by atoms with Gasteiger partial charge in [-0.05, 0) is 4.74 Å². The summed E-state index contributed by atoms with van der Waals surface area (Å²) in [5.74, 6) is 0. The molecule has 0 heterocycles. The molecule has 110 valence electrons. The van der Waals surface area contributed by atoms with Crippen LogP contribution in [0.1, 0.15) is 13.3 Å². The maximum Gasteiger partial charge on any atom is 0.392 e. The molecule has 0 fully saturated rings. The molecule has 0 unspecified atom stereocenters. The van der Waals surface area contributed by atoms with E-state index in [1.54, 1.807) is 0 Å². The Kier molecular flexibility index (Phi) is 17.5. The van der Waals surface area contributed by atoms with Crippen molar-refractivity contribution in [3.05, 3.63) is 60.7 Å². The number of rotatable bonds is 4. The van der Waals surface area contributed by atoms with Gasteiger partial charge in [0.15, 0.2) is 0 Å². The predicted molar refractivity (Wildman–Crippen MR) is 107 cm³/mol. The van der Waals surface area contributed by atoms with Crippen LogP contribution in [0.5, 0.6) is 0 Å². The quantitative estimate of drug-likeness (QED) is 0.575. The van der Waals surface area contributed by atoms with E-state index < -0.39 is 0 Å². The molecule has 0 aliphatic carbocycles. The van der Waals surface area contributed by atoms with E-state index in [4.69, 9.17) is 21.7 Å². The van der Waals surface area contributed by atoms with E-state index in [1.165, 1.54) is 36.8 Å². The second kappa shape index (κ2) is 17.0. The molecular weight excluding hydrogens is 344 g/mol. The highest BCUT2D eigenvalue weighted by Gasteiger charge is 1.97. The summed E-state index contributed by atoms with van der Waals surface area (Å²) in [7, 11) is 5.19. The highest BCUT2D eigenvalue weighted by atomic mass is 35.6. The summed E-state index contributed by atoms with van der Waals surface area (Å²) in [5, 5.41) is 1.46. The van der Waals surface area contributed by atoms with E-state index in [1.807, 2.05) is 0 Å². The van der Waals surface area contributed by atoms with Gasteiger partial charge in [0.05, 0.1) is 0 Å². The zero-order valence-electron chi connectivity index (χ0n) is 13.1. The van der Waals surface area contributed by atoms with E-state index in [0.29, 0.717) is 4.74 Å². The molecule has 0 saturated carbocycles. The molecule has 0 bridgehead atoms. The lowest BCUT2D eigenvalue weighted by molar-refractivity contribution is 1.08. The molecule has 0 aliphatic rings. The Labute approximate surface area is 159 Å². The average Bonchev–Trinajstić information content (AvgIpc) is 2.57. The summed E-state index contributed by atoms with van der Waals surface area (Å²) in [6, 6.07) is 21.5. The van der Waals surface area contributed by atoms with Crippen LogP contribution in [0.25, 0.3) is 0 Å². The highest BCUT2D eigenvalue weighted by Crippen LogP contribution is 1.84. The molecule has 0 radical (unpaired) electrons. The van der Waals surface area contributed by atoms with Crippen molar-refractivity contribution in [2.24, 2.45) is 0 Å². The van der Waals surface area contributed by atoms with Crippen LogP contribution in [0.4, 0.5) is 0 Å². The van der Waals surface area contributed by atoms with Gasteiger partial charge in [0.2, 0.25) is 16.3 Å². The number of alkyl halides is 1. The summed E-state index contributed by atoms with van der Waals surface area (Å²) in [5.41, 5.74) is 0. The largest absolute Gasteiger partial charge is 0.392 e. The van der Waals surface area contributed by atoms with Gasteiger partial charge in [0.1, 0.15) is 0 Å². The number of halogens is 2. The van der Waals surface area contributed by atoms with Crippen LogP contribution < -0.4 is 8.85 Å². The summed E-state index contributed by atoms with van der Waals surface area (Å²) >= 11 is 5.93. The maximum atomic E-state index is 5.19. The molecular formula is C16H23Al3Cl2. The normalized spacial score (nSPS) is 8.52. The standard InChI is InChI=1S/2C6H5.C3H7.CH2Cl.3Al.ClH.4H/c2*1-2-4-6-5-3-1;1-3-2;1-2;;;;;;;;/h2*1-5H;1,3H2,2H3;1H2;;;;1H;;;;/q;;;;;;+1;;;;;/p-1. The van der Waals surface area contributed by atoms with Gasteiger partial charge in [-0.25, -0.2) is 0 Å². The third kappa shape index (κ3) is 14.0.